The number of hydrogen-bond acceptors (Lipinski definition) is 4. The second-order valence-corrected chi connectivity index (χ2v) is 5.84. The van der Waals surface area contributed by atoms with Crippen LogP contribution in [0.3, 0.4) is 0 Å². The van der Waals surface area contributed by atoms with Crippen LogP contribution < -0.4 is 5.32 Å². The van der Waals surface area contributed by atoms with E-state index in [0.29, 0.717) is 13.1 Å². The summed E-state index contributed by atoms with van der Waals surface area (Å²) < 4.78 is 0. The molecule has 0 fully saturated rings. The van der Waals surface area contributed by atoms with Gasteiger partial charge in [0, 0.05) is 18.5 Å². The molecule has 4 heteroatoms. The van der Waals surface area contributed by atoms with Gasteiger partial charge in [-0.15, -0.1) is 11.3 Å². The minimum Gasteiger partial charge on any atom is -0.384 e. The highest BCUT2D eigenvalue weighted by molar-refractivity contribution is 7.07. The van der Waals surface area contributed by atoms with Crippen molar-refractivity contribution >= 4 is 11.3 Å². The molecule has 3 nitrogen and oxygen atoms in total. The molecule has 0 aliphatic heterocycles. The van der Waals surface area contributed by atoms with Crippen molar-refractivity contribution in [3.8, 4) is 0 Å². The molecule has 1 aromatic carbocycles. The van der Waals surface area contributed by atoms with Crippen molar-refractivity contribution in [1.29, 1.82) is 0 Å². The first kappa shape index (κ1) is 12.8. The Kier molecular flexibility index (Phi) is 3.64. The van der Waals surface area contributed by atoms with Crippen LogP contribution in [0.25, 0.3) is 0 Å². The smallest absolute Gasteiger partial charge is 0.102 e. The summed E-state index contributed by atoms with van der Waals surface area (Å²) in [5.41, 5.74) is 4.52. The van der Waals surface area contributed by atoms with Gasteiger partial charge in [0.15, 0.2) is 0 Å². The summed E-state index contributed by atoms with van der Waals surface area (Å²) >= 11 is 1.60. The minimum absolute atomic E-state index is 0.585. The monoisotopic (exact) mass is 274 g/mol. The van der Waals surface area contributed by atoms with Gasteiger partial charge in [-0.25, -0.2) is 4.98 Å². The molecule has 2 N–H and O–H groups in total. The van der Waals surface area contributed by atoms with E-state index < -0.39 is 5.60 Å². The minimum atomic E-state index is -0.731. The summed E-state index contributed by atoms with van der Waals surface area (Å²) in [6.45, 7) is 1.30. The average Bonchev–Trinajstić information content (AvgIpc) is 2.93. The van der Waals surface area contributed by atoms with Gasteiger partial charge in [-0.1, -0.05) is 24.3 Å². The number of aliphatic hydroxyl groups is 1. The molecule has 1 heterocycles. The highest BCUT2D eigenvalue weighted by Gasteiger charge is 2.33. The summed E-state index contributed by atoms with van der Waals surface area (Å²) in [5.74, 6) is 0. The fraction of sp³-hybridized carbons (Fsp3) is 0.400. The fourth-order valence-corrected chi connectivity index (χ4v) is 3.36. The molecular weight excluding hydrogens is 256 g/mol. The van der Waals surface area contributed by atoms with Gasteiger partial charge in [-0.3, -0.25) is 0 Å². The highest BCUT2D eigenvalue weighted by atomic mass is 32.1. The van der Waals surface area contributed by atoms with Gasteiger partial charge in [0.1, 0.15) is 5.60 Å². The second-order valence-electron chi connectivity index (χ2n) is 5.13. The largest absolute Gasteiger partial charge is 0.384 e. The molecule has 2 aromatic rings. The van der Waals surface area contributed by atoms with Crippen LogP contribution in [-0.4, -0.2) is 16.6 Å². The Morgan fingerprint density at radius 2 is 2.26 bits per heavy atom. The van der Waals surface area contributed by atoms with Crippen molar-refractivity contribution in [1.82, 2.24) is 10.3 Å². The molecule has 0 amide bonds. The van der Waals surface area contributed by atoms with E-state index in [9.17, 15) is 5.11 Å². The van der Waals surface area contributed by atoms with Crippen LogP contribution in [0.2, 0.25) is 0 Å². The van der Waals surface area contributed by atoms with E-state index in [2.05, 4.69) is 22.4 Å². The van der Waals surface area contributed by atoms with E-state index in [1.165, 1.54) is 5.56 Å². The third-order valence-corrected chi connectivity index (χ3v) is 4.40. The zero-order chi connectivity index (χ0) is 13.1. The van der Waals surface area contributed by atoms with Crippen LogP contribution >= 0.6 is 11.3 Å². The fourth-order valence-electron chi connectivity index (χ4n) is 2.80. The van der Waals surface area contributed by atoms with E-state index in [1.54, 1.807) is 11.3 Å². The van der Waals surface area contributed by atoms with E-state index in [1.807, 2.05) is 23.0 Å². The summed E-state index contributed by atoms with van der Waals surface area (Å²) in [6, 6.07) is 8.24. The number of rotatable bonds is 4. The number of benzene rings is 1. The van der Waals surface area contributed by atoms with Gasteiger partial charge in [0.2, 0.25) is 0 Å². The quantitative estimate of drug-likeness (QED) is 0.900. The van der Waals surface area contributed by atoms with Gasteiger partial charge in [0.05, 0.1) is 11.2 Å². The molecule has 3 rings (SSSR count). The summed E-state index contributed by atoms with van der Waals surface area (Å²) in [5, 5.41) is 16.2. The first-order valence-corrected chi connectivity index (χ1v) is 7.61. The predicted molar refractivity (Wildman–Crippen MR) is 77.1 cm³/mol. The molecule has 0 saturated carbocycles. The molecule has 0 spiro atoms. The third-order valence-electron chi connectivity index (χ3n) is 3.76. The highest BCUT2D eigenvalue weighted by Crippen LogP contribution is 2.34. The Labute approximate surface area is 117 Å². The lowest BCUT2D eigenvalue weighted by Crippen LogP contribution is -2.40. The lowest BCUT2D eigenvalue weighted by Gasteiger charge is -2.34. The van der Waals surface area contributed by atoms with Gasteiger partial charge in [0.25, 0.3) is 0 Å². The normalized spacial score (nSPS) is 22.2. The lowest BCUT2D eigenvalue weighted by atomic mass is 9.79. The Morgan fingerprint density at radius 1 is 1.37 bits per heavy atom. The number of aryl methyl sites for hydroxylation is 1. The standard InChI is InChI=1S/C15H18N2OS/c18-15(10-16-8-13-9-19-11-17-13)7-3-5-12-4-1-2-6-14(12)15/h1-2,4,6,9,11,16,18H,3,5,7-8,10H2. The Morgan fingerprint density at radius 3 is 3.11 bits per heavy atom. The Balaban J connectivity index is 1.70. The first-order chi connectivity index (χ1) is 9.28. The third kappa shape index (κ3) is 2.71. The van der Waals surface area contributed by atoms with Crippen LogP contribution in [0.4, 0.5) is 0 Å². The average molecular weight is 274 g/mol. The molecule has 1 unspecified atom stereocenters. The molecule has 19 heavy (non-hydrogen) atoms. The first-order valence-electron chi connectivity index (χ1n) is 6.66. The molecule has 0 radical (unpaired) electrons. The number of fused-ring (bicyclic) bond motifs is 1. The van der Waals surface area contributed by atoms with Crippen molar-refractivity contribution in [3.05, 3.63) is 52.0 Å². The maximum Gasteiger partial charge on any atom is 0.102 e. The summed E-state index contributed by atoms with van der Waals surface area (Å²) in [4.78, 5) is 4.24. The molecule has 0 saturated heterocycles. The predicted octanol–water partition coefficient (Wildman–Crippen LogP) is 2.46. The van der Waals surface area contributed by atoms with Crippen LogP contribution in [0.15, 0.2) is 35.2 Å². The molecule has 1 aliphatic rings. The van der Waals surface area contributed by atoms with E-state index in [4.69, 9.17) is 0 Å². The number of nitrogens with zero attached hydrogens (tertiary/aromatic N) is 1. The van der Waals surface area contributed by atoms with Crippen LogP contribution in [0.5, 0.6) is 0 Å². The molecule has 1 aliphatic carbocycles. The van der Waals surface area contributed by atoms with Crippen LogP contribution in [0, 0.1) is 0 Å². The van der Waals surface area contributed by atoms with E-state index in [-0.39, 0.29) is 0 Å². The van der Waals surface area contributed by atoms with Crippen LogP contribution in [-0.2, 0) is 18.6 Å². The second kappa shape index (κ2) is 5.41. The van der Waals surface area contributed by atoms with Crippen molar-refractivity contribution in [3.63, 3.8) is 0 Å². The van der Waals surface area contributed by atoms with Gasteiger partial charge >= 0.3 is 0 Å². The molecule has 0 bridgehead atoms. The summed E-state index contributed by atoms with van der Waals surface area (Å²) in [7, 11) is 0. The van der Waals surface area contributed by atoms with Gasteiger partial charge < -0.3 is 10.4 Å². The zero-order valence-corrected chi connectivity index (χ0v) is 11.6. The number of thiazole rings is 1. The van der Waals surface area contributed by atoms with Gasteiger partial charge in [-0.05, 0) is 30.4 Å². The van der Waals surface area contributed by atoms with Gasteiger partial charge in [-0.2, -0.15) is 0 Å². The zero-order valence-electron chi connectivity index (χ0n) is 10.8. The van der Waals surface area contributed by atoms with Crippen LogP contribution in [0.1, 0.15) is 29.7 Å². The summed E-state index contributed by atoms with van der Waals surface area (Å²) in [6.07, 6.45) is 2.95. The SMILES string of the molecule is OC1(CNCc2cscn2)CCCc2ccccc21. The van der Waals surface area contributed by atoms with Crippen molar-refractivity contribution in [2.24, 2.45) is 0 Å². The molecule has 1 atom stereocenters. The Bertz CT molecular complexity index is 541. The van der Waals surface area contributed by atoms with Crippen molar-refractivity contribution in [2.45, 2.75) is 31.4 Å². The maximum absolute atomic E-state index is 10.9. The topological polar surface area (TPSA) is 45.1 Å². The number of hydrogen-bond donors (Lipinski definition) is 2. The van der Waals surface area contributed by atoms with Crippen molar-refractivity contribution < 1.29 is 5.11 Å². The van der Waals surface area contributed by atoms with E-state index >= 15 is 0 Å². The molecular formula is C15H18N2OS. The lowest BCUT2D eigenvalue weighted by molar-refractivity contribution is 0.0189. The maximum atomic E-state index is 10.9. The Hall–Kier alpha value is -1.23. The van der Waals surface area contributed by atoms with Crippen molar-refractivity contribution in [2.75, 3.05) is 6.54 Å². The number of aromatic nitrogens is 1. The van der Waals surface area contributed by atoms with E-state index in [0.717, 1.165) is 30.5 Å². The molecule has 1 aromatic heterocycles. The number of nitrogens with one attached hydrogen (secondary N) is 1. The molecule has 100 valence electrons.